The number of hydrogen-bond donors (Lipinski definition) is 1. The topological polar surface area (TPSA) is 82.8 Å². The van der Waals surface area contributed by atoms with Crippen molar-refractivity contribution < 1.29 is 4.52 Å². The Hall–Kier alpha value is -2.47. The van der Waals surface area contributed by atoms with Crippen LogP contribution in [-0.4, -0.2) is 19.9 Å². The minimum absolute atomic E-state index is 0.433. The van der Waals surface area contributed by atoms with Crippen molar-refractivity contribution in [1.29, 1.82) is 0 Å². The van der Waals surface area contributed by atoms with E-state index in [4.69, 9.17) is 10.3 Å². The molecule has 2 aromatic heterocycles. The fourth-order valence-corrected chi connectivity index (χ4v) is 2.93. The van der Waals surface area contributed by atoms with Crippen LogP contribution in [0.25, 0.3) is 17.1 Å². The molecule has 6 heteroatoms. The number of rotatable bonds is 3. The first kappa shape index (κ1) is 13.2. The number of nitrogens with zero attached hydrogens (tertiary/aromatic N) is 4. The largest absolute Gasteiger partial charge is 0.334 e. The summed E-state index contributed by atoms with van der Waals surface area (Å²) in [5, 5.41) is 8.42. The summed E-state index contributed by atoms with van der Waals surface area (Å²) in [6.45, 7) is 0. The van der Waals surface area contributed by atoms with Crippen molar-refractivity contribution in [2.45, 2.75) is 31.2 Å². The van der Waals surface area contributed by atoms with Gasteiger partial charge in [0.05, 0.1) is 23.0 Å². The third kappa shape index (κ3) is 2.21. The fraction of sp³-hybridized carbons (Fsp3) is 0.312. The van der Waals surface area contributed by atoms with Crippen LogP contribution in [0.3, 0.4) is 0 Å². The zero-order valence-corrected chi connectivity index (χ0v) is 12.1. The first-order chi connectivity index (χ1) is 10.7. The van der Waals surface area contributed by atoms with E-state index in [1.807, 2.05) is 36.5 Å². The van der Waals surface area contributed by atoms with Crippen LogP contribution in [-0.2, 0) is 5.54 Å². The minimum Gasteiger partial charge on any atom is -0.334 e. The van der Waals surface area contributed by atoms with Crippen molar-refractivity contribution in [2.75, 3.05) is 0 Å². The number of aromatic nitrogens is 4. The summed E-state index contributed by atoms with van der Waals surface area (Å²) in [4.78, 5) is 4.49. The van der Waals surface area contributed by atoms with E-state index in [0.717, 1.165) is 36.9 Å². The second-order valence-electron chi connectivity index (χ2n) is 5.80. The predicted octanol–water partition coefficient (Wildman–Crippen LogP) is 2.65. The molecular formula is C16H17N5O. The van der Waals surface area contributed by atoms with Gasteiger partial charge in [0.15, 0.2) is 5.82 Å². The summed E-state index contributed by atoms with van der Waals surface area (Å²) in [7, 11) is 0. The van der Waals surface area contributed by atoms with Gasteiger partial charge in [0.25, 0.3) is 5.89 Å². The van der Waals surface area contributed by atoms with Crippen LogP contribution < -0.4 is 5.73 Å². The molecule has 1 fully saturated rings. The smallest absolute Gasteiger partial charge is 0.261 e. The lowest BCUT2D eigenvalue weighted by Crippen LogP contribution is -2.34. The Balaban J connectivity index is 1.63. The van der Waals surface area contributed by atoms with Gasteiger partial charge >= 0.3 is 0 Å². The van der Waals surface area contributed by atoms with E-state index >= 15 is 0 Å². The lowest BCUT2D eigenvalue weighted by atomic mass is 9.99. The molecule has 4 rings (SSSR count). The van der Waals surface area contributed by atoms with Gasteiger partial charge < -0.3 is 10.3 Å². The van der Waals surface area contributed by atoms with Crippen LogP contribution in [0.15, 0.2) is 47.2 Å². The van der Waals surface area contributed by atoms with Crippen molar-refractivity contribution in [3.8, 4) is 17.1 Å². The molecule has 0 saturated heterocycles. The lowest BCUT2D eigenvalue weighted by Gasteiger charge is -2.17. The number of para-hydroxylation sites is 1. The summed E-state index contributed by atoms with van der Waals surface area (Å²) in [6, 6.07) is 9.90. The molecule has 1 aliphatic carbocycles. The van der Waals surface area contributed by atoms with Gasteiger partial charge in [-0.05, 0) is 25.0 Å². The molecule has 0 atom stereocenters. The average molecular weight is 295 g/mol. The zero-order valence-electron chi connectivity index (χ0n) is 12.1. The Morgan fingerprint density at radius 1 is 1.14 bits per heavy atom. The summed E-state index contributed by atoms with van der Waals surface area (Å²) < 4.78 is 7.17. The molecule has 1 aliphatic rings. The average Bonchev–Trinajstić information content (AvgIpc) is 3.28. The van der Waals surface area contributed by atoms with Gasteiger partial charge in [-0.1, -0.05) is 36.2 Å². The van der Waals surface area contributed by atoms with Gasteiger partial charge in [0, 0.05) is 6.20 Å². The van der Waals surface area contributed by atoms with Crippen LogP contribution in [0.1, 0.15) is 31.5 Å². The molecule has 0 radical (unpaired) electrons. The van der Waals surface area contributed by atoms with Crippen LogP contribution in [0, 0.1) is 0 Å². The molecule has 0 unspecified atom stereocenters. The molecule has 0 amide bonds. The summed E-state index contributed by atoms with van der Waals surface area (Å²) in [5.41, 5.74) is 7.71. The SMILES string of the molecule is NC1(c2noc(-c3cnn(-c4ccccc4)c3)n2)CCCC1. The van der Waals surface area contributed by atoms with E-state index in [2.05, 4.69) is 15.2 Å². The van der Waals surface area contributed by atoms with E-state index in [1.165, 1.54) is 0 Å². The highest BCUT2D eigenvalue weighted by Crippen LogP contribution is 2.35. The van der Waals surface area contributed by atoms with Crippen LogP contribution in [0.2, 0.25) is 0 Å². The van der Waals surface area contributed by atoms with Crippen LogP contribution >= 0.6 is 0 Å². The number of hydrogen-bond acceptors (Lipinski definition) is 5. The maximum absolute atomic E-state index is 6.36. The van der Waals surface area contributed by atoms with Crippen molar-refractivity contribution in [3.63, 3.8) is 0 Å². The normalized spacial score (nSPS) is 17.0. The molecule has 0 aliphatic heterocycles. The maximum Gasteiger partial charge on any atom is 0.261 e. The first-order valence-electron chi connectivity index (χ1n) is 7.48. The monoisotopic (exact) mass is 295 g/mol. The van der Waals surface area contributed by atoms with E-state index in [-0.39, 0.29) is 0 Å². The lowest BCUT2D eigenvalue weighted by molar-refractivity contribution is 0.372. The molecule has 2 heterocycles. The highest BCUT2D eigenvalue weighted by Gasteiger charge is 2.36. The van der Waals surface area contributed by atoms with E-state index in [9.17, 15) is 0 Å². The molecule has 22 heavy (non-hydrogen) atoms. The second kappa shape index (κ2) is 5.06. The Morgan fingerprint density at radius 3 is 2.68 bits per heavy atom. The van der Waals surface area contributed by atoms with Gasteiger partial charge in [-0.25, -0.2) is 4.68 Å². The minimum atomic E-state index is -0.433. The Kier molecular flexibility index (Phi) is 3.04. The molecule has 0 spiro atoms. The molecule has 2 N–H and O–H groups in total. The van der Waals surface area contributed by atoms with Crippen LogP contribution in [0.4, 0.5) is 0 Å². The quantitative estimate of drug-likeness (QED) is 0.803. The van der Waals surface area contributed by atoms with E-state index in [1.54, 1.807) is 10.9 Å². The third-order valence-corrected chi connectivity index (χ3v) is 4.22. The molecular weight excluding hydrogens is 278 g/mol. The van der Waals surface area contributed by atoms with E-state index in [0.29, 0.717) is 11.7 Å². The first-order valence-corrected chi connectivity index (χ1v) is 7.48. The standard InChI is InChI=1S/C16H17N5O/c17-16(8-4-5-9-16)15-19-14(22-20-15)12-10-18-21(11-12)13-6-2-1-3-7-13/h1-3,6-7,10-11H,4-5,8-9,17H2. The molecule has 112 valence electrons. The number of benzene rings is 1. The highest BCUT2D eigenvalue weighted by atomic mass is 16.5. The van der Waals surface area contributed by atoms with Crippen molar-refractivity contribution in [2.24, 2.45) is 5.73 Å². The van der Waals surface area contributed by atoms with Gasteiger partial charge in [-0.15, -0.1) is 0 Å². The number of nitrogens with two attached hydrogens (primary N) is 1. The van der Waals surface area contributed by atoms with Gasteiger partial charge in [0.1, 0.15) is 0 Å². The van der Waals surface area contributed by atoms with Crippen molar-refractivity contribution in [3.05, 3.63) is 48.5 Å². The molecule has 0 bridgehead atoms. The van der Waals surface area contributed by atoms with Crippen molar-refractivity contribution in [1.82, 2.24) is 19.9 Å². The maximum atomic E-state index is 6.36. The van der Waals surface area contributed by atoms with Crippen molar-refractivity contribution >= 4 is 0 Å². The second-order valence-corrected chi connectivity index (χ2v) is 5.80. The van der Waals surface area contributed by atoms with Crippen LogP contribution in [0.5, 0.6) is 0 Å². The Bertz CT molecular complexity index is 771. The highest BCUT2D eigenvalue weighted by molar-refractivity contribution is 5.51. The molecule has 6 nitrogen and oxygen atoms in total. The molecule has 1 saturated carbocycles. The fourth-order valence-electron chi connectivity index (χ4n) is 2.93. The summed E-state index contributed by atoms with van der Waals surface area (Å²) in [6.07, 6.45) is 7.66. The predicted molar refractivity (Wildman–Crippen MR) is 81.2 cm³/mol. The van der Waals surface area contributed by atoms with Gasteiger partial charge in [-0.2, -0.15) is 10.1 Å². The Labute approximate surface area is 127 Å². The van der Waals surface area contributed by atoms with E-state index < -0.39 is 5.54 Å². The third-order valence-electron chi connectivity index (χ3n) is 4.22. The van der Waals surface area contributed by atoms with Gasteiger partial charge in [-0.3, -0.25) is 0 Å². The summed E-state index contributed by atoms with van der Waals surface area (Å²) in [5.74, 6) is 1.07. The zero-order chi connectivity index (χ0) is 15.0. The Morgan fingerprint density at radius 2 is 1.91 bits per heavy atom. The molecule has 1 aromatic carbocycles. The summed E-state index contributed by atoms with van der Waals surface area (Å²) >= 11 is 0. The van der Waals surface area contributed by atoms with Gasteiger partial charge in [0.2, 0.25) is 0 Å². The molecule has 3 aromatic rings.